The number of nitrogens with zero attached hydrogens (tertiary/aromatic N) is 1. The van der Waals surface area contributed by atoms with Gasteiger partial charge in [-0.2, -0.15) is 11.3 Å². The largest absolute Gasteiger partial charge is 0.332 e. The van der Waals surface area contributed by atoms with Crippen molar-refractivity contribution in [1.82, 2.24) is 4.90 Å². The third-order valence-corrected chi connectivity index (χ3v) is 5.74. The van der Waals surface area contributed by atoms with Crippen LogP contribution in [-0.4, -0.2) is 17.4 Å². The summed E-state index contributed by atoms with van der Waals surface area (Å²) in [4.78, 5) is 15.0. The molecule has 1 aliphatic carbocycles. The van der Waals surface area contributed by atoms with Crippen LogP contribution >= 0.6 is 11.3 Å². The van der Waals surface area contributed by atoms with Gasteiger partial charge in [-0.15, -0.1) is 0 Å². The SMILES string of the molecule is O=C(c1ccc2c(c1)CCCC2)N1CCC[C@@H]1c1ccsc1. The fourth-order valence-electron chi connectivity index (χ4n) is 3.85. The van der Waals surface area contributed by atoms with E-state index < -0.39 is 0 Å². The minimum absolute atomic E-state index is 0.210. The summed E-state index contributed by atoms with van der Waals surface area (Å²) >= 11 is 1.72. The first-order chi connectivity index (χ1) is 10.8. The highest BCUT2D eigenvalue weighted by Gasteiger charge is 2.31. The maximum Gasteiger partial charge on any atom is 0.254 e. The van der Waals surface area contributed by atoms with E-state index in [9.17, 15) is 4.79 Å². The molecular formula is C19H21NOS. The van der Waals surface area contributed by atoms with Gasteiger partial charge in [-0.25, -0.2) is 0 Å². The Morgan fingerprint density at radius 3 is 2.77 bits per heavy atom. The van der Waals surface area contributed by atoms with Crippen LogP contribution in [0.3, 0.4) is 0 Å². The lowest BCUT2D eigenvalue weighted by atomic mass is 9.90. The quantitative estimate of drug-likeness (QED) is 0.793. The third-order valence-electron chi connectivity index (χ3n) is 5.04. The van der Waals surface area contributed by atoms with Crippen LogP contribution in [0.5, 0.6) is 0 Å². The highest BCUT2D eigenvalue weighted by Crippen LogP contribution is 2.34. The van der Waals surface area contributed by atoms with Crippen molar-refractivity contribution >= 4 is 17.2 Å². The molecule has 1 saturated heterocycles. The maximum absolute atomic E-state index is 13.0. The van der Waals surface area contributed by atoms with Gasteiger partial charge in [0.2, 0.25) is 0 Å². The molecule has 0 saturated carbocycles. The number of thiophene rings is 1. The third kappa shape index (κ3) is 2.48. The van der Waals surface area contributed by atoms with Crippen molar-refractivity contribution in [3.05, 3.63) is 57.3 Å². The number of fused-ring (bicyclic) bond motifs is 1. The Hall–Kier alpha value is -1.61. The molecule has 1 amide bonds. The van der Waals surface area contributed by atoms with Crippen LogP contribution in [0.1, 0.15) is 58.8 Å². The summed E-state index contributed by atoms with van der Waals surface area (Å²) in [6.07, 6.45) is 7.04. The summed E-state index contributed by atoms with van der Waals surface area (Å²) in [5.41, 5.74) is 5.01. The molecule has 0 N–H and O–H groups in total. The molecule has 2 nitrogen and oxygen atoms in total. The molecule has 114 valence electrons. The second-order valence-electron chi connectivity index (χ2n) is 6.40. The zero-order valence-electron chi connectivity index (χ0n) is 12.8. The van der Waals surface area contributed by atoms with E-state index in [1.165, 1.54) is 36.0 Å². The van der Waals surface area contributed by atoms with E-state index in [1.54, 1.807) is 11.3 Å². The van der Waals surface area contributed by atoms with Gasteiger partial charge in [0.25, 0.3) is 5.91 Å². The maximum atomic E-state index is 13.0. The molecule has 1 atom stereocenters. The lowest BCUT2D eigenvalue weighted by Crippen LogP contribution is -2.30. The first-order valence-electron chi connectivity index (χ1n) is 8.28. The molecule has 0 spiro atoms. The van der Waals surface area contributed by atoms with Crippen molar-refractivity contribution in [3.63, 3.8) is 0 Å². The van der Waals surface area contributed by atoms with Gasteiger partial charge in [-0.05, 0) is 84.2 Å². The smallest absolute Gasteiger partial charge is 0.254 e. The average molecular weight is 311 g/mol. The number of likely N-dealkylation sites (tertiary alicyclic amines) is 1. The van der Waals surface area contributed by atoms with Crippen molar-refractivity contribution in [2.24, 2.45) is 0 Å². The zero-order chi connectivity index (χ0) is 14.9. The summed E-state index contributed by atoms with van der Waals surface area (Å²) in [5.74, 6) is 0.210. The Labute approximate surface area is 135 Å². The van der Waals surface area contributed by atoms with Crippen molar-refractivity contribution in [1.29, 1.82) is 0 Å². The minimum atomic E-state index is 0.210. The highest BCUT2D eigenvalue weighted by molar-refractivity contribution is 7.08. The molecule has 2 aromatic rings. The number of hydrogen-bond donors (Lipinski definition) is 0. The van der Waals surface area contributed by atoms with Gasteiger partial charge in [0.1, 0.15) is 0 Å². The number of carbonyl (C=O) groups is 1. The number of carbonyl (C=O) groups excluding carboxylic acids is 1. The molecule has 0 radical (unpaired) electrons. The number of benzene rings is 1. The molecule has 1 aromatic carbocycles. The molecule has 22 heavy (non-hydrogen) atoms. The fraction of sp³-hybridized carbons (Fsp3) is 0.421. The molecule has 1 aliphatic heterocycles. The van der Waals surface area contributed by atoms with E-state index >= 15 is 0 Å². The van der Waals surface area contributed by atoms with E-state index in [0.717, 1.165) is 31.4 Å². The van der Waals surface area contributed by atoms with Crippen LogP contribution in [0.4, 0.5) is 0 Å². The van der Waals surface area contributed by atoms with Crippen molar-refractivity contribution < 1.29 is 4.79 Å². The van der Waals surface area contributed by atoms with Crippen molar-refractivity contribution in [2.45, 2.75) is 44.6 Å². The van der Waals surface area contributed by atoms with Crippen molar-refractivity contribution in [3.8, 4) is 0 Å². The molecular weight excluding hydrogens is 290 g/mol. The normalized spacial score (nSPS) is 20.9. The molecule has 0 bridgehead atoms. The number of aryl methyl sites for hydroxylation is 2. The van der Waals surface area contributed by atoms with Crippen molar-refractivity contribution in [2.75, 3.05) is 6.54 Å². The number of hydrogen-bond acceptors (Lipinski definition) is 2. The van der Waals surface area contributed by atoms with Crippen LogP contribution < -0.4 is 0 Å². The van der Waals surface area contributed by atoms with Gasteiger partial charge in [0, 0.05) is 12.1 Å². The van der Waals surface area contributed by atoms with Crippen LogP contribution in [0.2, 0.25) is 0 Å². The molecule has 1 aromatic heterocycles. The second kappa shape index (κ2) is 5.88. The van der Waals surface area contributed by atoms with Crippen LogP contribution in [-0.2, 0) is 12.8 Å². The second-order valence-corrected chi connectivity index (χ2v) is 7.18. The predicted molar refractivity (Wildman–Crippen MR) is 90.4 cm³/mol. The topological polar surface area (TPSA) is 20.3 Å². The van der Waals surface area contributed by atoms with E-state index in [0.29, 0.717) is 0 Å². The minimum Gasteiger partial charge on any atom is -0.332 e. The Morgan fingerprint density at radius 2 is 1.95 bits per heavy atom. The standard InChI is InChI=1S/C19H21NOS/c21-19(16-8-7-14-4-1-2-5-15(14)12-16)20-10-3-6-18(20)17-9-11-22-13-17/h7-9,11-13,18H,1-6,10H2/t18-/m1/s1. The highest BCUT2D eigenvalue weighted by atomic mass is 32.1. The van der Waals surface area contributed by atoms with E-state index in [4.69, 9.17) is 0 Å². The Morgan fingerprint density at radius 1 is 1.09 bits per heavy atom. The first kappa shape index (κ1) is 14.0. The Balaban J connectivity index is 1.61. The average Bonchev–Trinajstić information content (AvgIpc) is 3.24. The predicted octanol–water partition coefficient (Wildman–Crippen LogP) is 4.60. The lowest BCUT2D eigenvalue weighted by Gasteiger charge is -2.25. The van der Waals surface area contributed by atoms with Crippen LogP contribution in [0, 0.1) is 0 Å². The summed E-state index contributed by atoms with van der Waals surface area (Å²) < 4.78 is 0. The Bertz CT molecular complexity index is 677. The molecule has 4 rings (SSSR count). The van der Waals surface area contributed by atoms with E-state index in [-0.39, 0.29) is 11.9 Å². The molecule has 1 fully saturated rings. The summed E-state index contributed by atoms with van der Waals surface area (Å²) in [6, 6.07) is 8.80. The molecule has 0 unspecified atom stereocenters. The zero-order valence-corrected chi connectivity index (χ0v) is 13.6. The number of amides is 1. The molecule has 2 heterocycles. The van der Waals surface area contributed by atoms with E-state index in [1.807, 2.05) is 6.07 Å². The van der Waals surface area contributed by atoms with Gasteiger partial charge in [-0.3, -0.25) is 4.79 Å². The van der Waals surface area contributed by atoms with Gasteiger partial charge in [0.15, 0.2) is 0 Å². The fourth-order valence-corrected chi connectivity index (χ4v) is 4.56. The summed E-state index contributed by atoms with van der Waals surface area (Å²) in [7, 11) is 0. The summed E-state index contributed by atoms with van der Waals surface area (Å²) in [6.45, 7) is 0.885. The first-order valence-corrected chi connectivity index (χ1v) is 9.22. The Kier molecular flexibility index (Phi) is 3.75. The lowest BCUT2D eigenvalue weighted by molar-refractivity contribution is 0.0736. The van der Waals surface area contributed by atoms with E-state index in [2.05, 4.69) is 33.9 Å². The van der Waals surface area contributed by atoms with Gasteiger partial charge in [-0.1, -0.05) is 6.07 Å². The molecule has 3 heteroatoms. The van der Waals surface area contributed by atoms with Gasteiger partial charge in [0.05, 0.1) is 6.04 Å². The summed E-state index contributed by atoms with van der Waals surface area (Å²) in [5, 5.41) is 4.29. The molecule has 2 aliphatic rings. The van der Waals surface area contributed by atoms with Gasteiger partial charge < -0.3 is 4.90 Å². The van der Waals surface area contributed by atoms with Gasteiger partial charge >= 0.3 is 0 Å². The van der Waals surface area contributed by atoms with Crippen LogP contribution in [0.15, 0.2) is 35.0 Å². The number of rotatable bonds is 2. The monoisotopic (exact) mass is 311 g/mol. The van der Waals surface area contributed by atoms with Crippen LogP contribution in [0.25, 0.3) is 0 Å².